The molecule has 4 rings (SSSR count). The van der Waals surface area contributed by atoms with E-state index >= 15 is 0 Å². The summed E-state index contributed by atoms with van der Waals surface area (Å²) in [5.74, 6) is -0.598. The van der Waals surface area contributed by atoms with Crippen molar-refractivity contribution in [3.63, 3.8) is 0 Å². The maximum atomic E-state index is 13.3. The number of nitrogens with zero attached hydrogens (tertiary/aromatic N) is 3. The van der Waals surface area contributed by atoms with Crippen molar-refractivity contribution in [2.24, 2.45) is 12.5 Å². The molecule has 0 fully saturated rings. The second-order valence-electron chi connectivity index (χ2n) is 10.7. The number of amides is 2. The molecule has 0 spiro atoms. The number of rotatable bonds is 9. The summed E-state index contributed by atoms with van der Waals surface area (Å²) < 4.78 is 33.1. The van der Waals surface area contributed by atoms with Crippen molar-refractivity contribution in [1.29, 1.82) is 5.26 Å². The number of fused-ring (bicyclic) bond motifs is 1. The van der Waals surface area contributed by atoms with Crippen LogP contribution in [0.3, 0.4) is 0 Å². The quantitative estimate of drug-likeness (QED) is 0.174. The predicted molar refractivity (Wildman–Crippen MR) is 165 cm³/mol. The SMILES string of the molecule is Cc1cc(C#N)c(NC(=O)c2cc3nc(Nc4c(Cl)ccc(CNC(=O)C(C)(C)C)c4Cl)n(C)c3cc2OCC(F)F)s1. The van der Waals surface area contributed by atoms with Crippen LogP contribution in [0.1, 0.15) is 47.1 Å². The van der Waals surface area contributed by atoms with E-state index in [9.17, 15) is 23.6 Å². The molecule has 226 valence electrons. The van der Waals surface area contributed by atoms with E-state index in [1.807, 2.05) is 6.07 Å². The molecule has 9 nitrogen and oxygen atoms in total. The van der Waals surface area contributed by atoms with Gasteiger partial charge in [0.05, 0.1) is 37.9 Å². The number of ether oxygens (including phenoxy) is 1. The smallest absolute Gasteiger partial charge is 0.272 e. The predicted octanol–water partition coefficient (Wildman–Crippen LogP) is 7.42. The summed E-state index contributed by atoms with van der Waals surface area (Å²) in [6.07, 6.45) is -2.77. The molecular weight excluding hydrogens is 621 g/mol. The van der Waals surface area contributed by atoms with Crippen LogP contribution in [-0.4, -0.2) is 34.4 Å². The van der Waals surface area contributed by atoms with E-state index in [2.05, 4.69) is 20.9 Å². The Morgan fingerprint density at radius 1 is 1.21 bits per heavy atom. The van der Waals surface area contributed by atoms with Crippen LogP contribution in [0.5, 0.6) is 5.75 Å². The van der Waals surface area contributed by atoms with Crippen molar-refractivity contribution >= 4 is 74.0 Å². The highest BCUT2D eigenvalue weighted by atomic mass is 35.5. The van der Waals surface area contributed by atoms with Gasteiger partial charge in [0.1, 0.15) is 23.4 Å². The molecule has 3 N–H and O–H groups in total. The number of hydrogen-bond acceptors (Lipinski definition) is 7. The second-order valence-corrected chi connectivity index (χ2v) is 12.7. The summed E-state index contributed by atoms with van der Waals surface area (Å²) in [5.41, 5.74) is 1.44. The molecule has 0 bridgehead atoms. The van der Waals surface area contributed by atoms with Crippen molar-refractivity contribution in [3.8, 4) is 11.8 Å². The lowest BCUT2D eigenvalue weighted by Gasteiger charge is -2.19. The Bertz CT molecular complexity index is 1760. The Labute approximate surface area is 260 Å². The van der Waals surface area contributed by atoms with E-state index in [-0.39, 0.29) is 40.3 Å². The third-order valence-corrected chi connectivity index (χ3v) is 8.04. The fourth-order valence-electron chi connectivity index (χ4n) is 4.04. The van der Waals surface area contributed by atoms with Crippen LogP contribution in [0.25, 0.3) is 11.0 Å². The molecule has 0 saturated carbocycles. The minimum absolute atomic E-state index is 0.0413. The molecular formula is C29H28Cl2F2N6O3S. The number of halogens is 4. The molecule has 2 heterocycles. The van der Waals surface area contributed by atoms with Crippen molar-refractivity contribution in [1.82, 2.24) is 14.9 Å². The number of nitrogens with one attached hydrogen (secondary N) is 3. The Kier molecular flexibility index (Phi) is 9.49. The Morgan fingerprint density at radius 2 is 1.93 bits per heavy atom. The standard InChI is InChI=1S/C29H28Cl2F2N6O3S/c1-14-8-16(11-34)26(43-14)38-25(40)17-9-19-20(10-21(17)42-13-22(32)33)39(5)28(36-19)37-24-18(30)7-6-15(23(24)31)12-35-27(41)29(2,3)4/h6-10,22H,12-13H2,1-5H3,(H,35,41)(H,36,37)(H,38,40). The van der Waals surface area contributed by atoms with Gasteiger partial charge in [-0.2, -0.15) is 5.26 Å². The van der Waals surface area contributed by atoms with Crippen LogP contribution < -0.4 is 20.7 Å². The molecule has 43 heavy (non-hydrogen) atoms. The maximum Gasteiger partial charge on any atom is 0.272 e. The molecule has 0 radical (unpaired) electrons. The van der Waals surface area contributed by atoms with E-state index < -0.39 is 24.4 Å². The summed E-state index contributed by atoms with van der Waals surface area (Å²) in [5, 5.41) is 18.9. The fourth-order valence-corrected chi connectivity index (χ4v) is 5.43. The lowest BCUT2D eigenvalue weighted by atomic mass is 9.95. The first kappa shape index (κ1) is 32.0. The third-order valence-electron chi connectivity index (χ3n) is 6.32. The average Bonchev–Trinajstić information content (AvgIpc) is 3.45. The number of carbonyl (C=O) groups excluding carboxylic acids is 2. The third kappa shape index (κ3) is 7.18. The zero-order chi connectivity index (χ0) is 31.6. The van der Waals surface area contributed by atoms with Crippen molar-refractivity contribution in [2.45, 2.75) is 40.7 Å². The van der Waals surface area contributed by atoms with E-state index in [1.54, 1.807) is 57.5 Å². The van der Waals surface area contributed by atoms with E-state index in [4.69, 9.17) is 27.9 Å². The van der Waals surface area contributed by atoms with Crippen LogP contribution in [-0.2, 0) is 18.4 Å². The van der Waals surface area contributed by atoms with Crippen LogP contribution >= 0.6 is 34.5 Å². The largest absolute Gasteiger partial charge is 0.487 e. The number of thiophene rings is 1. The summed E-state index contributed by atoms with van der Waals surface area (Å²) in [6, 6.07) is 9.87. The van der Waals surface area contributed by atoms with Crippen LogP contribution in [0.15, 0.2) is 30.3 Å². The number of nitriles is 1. The highest BCUT2D eigenvalue weighted by Crippen LogP contribution is 2.37. The van der Waals surface area contributed by atoms with E-state index in [0.717, 1.165) is 4.88 Å². The molecule has 2 aromatic heterocycles. The van der Waals surface area contributed by atoms with Gasteiger partial charge in [-0.3, -0.25) is 9.59 Å². The zero-order valence-electron chi connectivity index (χ0n) is 23.9. The second kappa shape index (κ2) is 12.8. The minimum Gasteiger partial charge on any atom is -0.487 e. The Hall–Kier alpha value is -3.92. The molecule has 0 aliphatic heterocycles. The van der Waals surface area contributed by atoms with Gasteiger partial charge in [0.15, 0.2) is 0 Å². The summed E-state index contributed by atoms with van der Waals surface area (Å²) >= 11 is 14.4. The first-order valence-corrected chi connectivity index (χ1v) is 14.5. The summed E-state index contributed by atoms with van der Waals surface area (Å²) in [7, 11) is 1.68. The number of alkyl halides is 2. The van der Waals surface area contributed by atoms with Crippen molar-refractivity contribution in [2.75, 3.05) is 17.2 Å². The molecule has 14 heteroatoms. The molecule has 0 aliphatic rings. The monoisotopic (exact) mass is 648 g/mol. The number of carbonyl (C=O) groups is 2. The first-order chi connectivity index (χ1) is 20.2. The fraction of sp³-hybridized carbons (Fsp3) is 0.310. The highest BCUT2D eigenvalue weighted by Gasteiger charge is 2.23. The lowest BCUT2D eigenvalue weighted by Crippen LogP contribution is -2.34. The number of aromatic nitrogens is 2. The Morgan fingerprint density at radius 3 is 2.58 bits per heavy atom. The van der Waals surface area contributed by atoms with Gasteiger partial charge in [-0.15, -0.1) is 11.3 Å². The summed E-state index contributed by atoms with van der Waals surface area (Å²) in [4.78, 5) is 31.0. The number of anilines is 3. The number of imidazole rings is 1. The minimum atomic E-state index is -2.77. The van der Waals surface area contributed by atoms with Gasteiger partial charge in [0, 0.05) is 30.0 Å². The number of benzene rings is 2. The normalized spacial score (nSPS) is 11.5. The van der Waals surface area contributed by atoms with Crippen LogP contribution in [0, 0.1) is 23.7 Å². The number of hydrogen-bond donors (Lipinski definition) is 3. The summed E-state index contributed by atoms with van der Waals surface area (Å²) in [6.45, 7) is 6.44. The van der Waals surface area contributed by atoms with Gasteiger partial charge in [0.2, 0.25) is 11.9 Å². The highest BCUT2D eigenvalue weighted by molar-refractivity contribution is 7.16. The van der Waals surface area contributed by atoms with Crippen LogP contribution in [0.4, 0.5) is 25.4 Å². The molecule has 0 aliphatic carbocycles. The number of aryl methyl sites for hydroxylation is 2. The molecule has 0 unspecified atom stereocenters. The van der Waals surface area contributed by atoms with Gasteiger partial charge >= 0.3 is 0 Å². The molecule has 0 atom stereocenters. The van der Waals surface area contributed by atoms with Gasteiger partial charge in [-0.1, -0.05) is 50.0 Å². The molecule has 0 saturated heterocycles. The van der Waals surface area contributed by atoms with Crippen LogP contribution in [0.2, 0.25) is 10.0 Å². The molecule has 2 aromatic carbocycles. The first-order valence-electron chi connectivity index (χ1n) is 12.9. The van der Waals surface area contributed by atoms with E-state index in [1.165, 1.54) is 23.5 Å². The molecule has 4 aromatic rings. The molecule has 2 amide bonds. The van der Waals surface area contributed by atoms with Gasteiger partial charge < -0.3 is 25.3 Å². The van der Waals surface area contributed by atoms with Gasteiger partial charge in [-0.25, -0.2) is 13.8 Å². The average molecular weight is 650 g/mol. The maximum absolute atomic E-state index is 13.3. The Balaban J connectivity index is 1.70. The topological polar surface area (TPSA) is 121 Å². The van der Waals surface area contributed by atoms with Crippen molar-refractivity contribution in [3.05, 3.63) is 61.9 Å². The van der Waals surface area contributed by atoms with Gasteiger partial charge in [0.25, 0.3) is 12.3 Å². The van der Waals surface area contributed by atoms with E-state index in [0.29, 0.717) is 32.3 Å². The van der Waals surface area contributed by atoms with Gasteiger partial charge in [-0.05, 0) is 30.7 Å². The zero-order valence-corrected chi connectivity index (χ0v) is 26.2. The van der Waals surface area contributed by atoms with Crippen molar-refractivity contribution < 1.29 is 23.1 Å². The lowest BCUT2D eigenvalue weighted by molar-refractivity contribution is -0.128.